The molecule has 0 spiro atoms. The number of allylic oxidation sites excluding steroid dienone is 2. The van der Waals surface area contributed by atoms with Gasteiger partial charge in [0.25, 0.3) is 0 Å². The molecule has 0 aliphatic heterocycles. The minimum atomic E-state index is -3.01. The van der Waals surface area contributed by atoms with E-state index in [-0.39, 0.29) is 22.7 Å². The fourth-order valence-corrected chi connectivity index (χ4v) is 3.61. The Morgan fingerprint density at radius 3 is 2.70 bits per heavy atom. The molecule has 2 N–H and O–H groups in total. The van der Waals surface area contributed by atoms with Crippen LogP contribution >= 0.6 is 11.6 Å². The van der Waals surface area contributed by atoms with E-state index in [2.05, 4.69) is 19.9 Å². The van der Waals surface area contributed by atoms with Crippen molar-refractivity contribution >= 4 is 23.0 Å². The number of benzene rings is 2. The second-order valence-electron chi connectivity index (χ2n) is 7.65. The molecule has 190 valence electrons. The first-order valence-corrected chi connectivity index (χ1v) is 11.2. The molecule has 2 aromatic heterocycles. The molecule has 0 unspecified atom stereocenters. The molecule has 2 aromatic carbocycles. The number of alkyl halides is 2. The second-order valence-corrected chi connectivity index (χ2v) is 8.09. The van der Waals surface area contributed by atoms with E-state index < -0.39 is 6.61 Å². The molecule has 0 aliphatic carbocycles. The number of ether oxygens (including phenoxy) is 2. The highest BCUT2D eigenvalue weighted by Gasteiger charge is 2.16. The fourth-order valence-electron chi connectivity index (χ4n) is 3.43. The summed E-state index contributed by atoms with van der Waals surface area (Å²) in [6, 6.07) is 14.3. The van der Waals surface area contributed by atoms with Crippen molar-refractivity contribution in [3.8, 4) is 23.0 Å². The molecule has 0 fully saturated rings. The zero-order valence-electron chi connectivity index (χ0n) is 19.7. The van der Waals surface area contributed by atoms with Gasteiger partial charge in [0.05, 0.1) is 30.4 Å². The van der Waals surface area contributed by atoms with Gasteiger partial charge in [0.15, 0.2) is 5.69 Å². The zero-order valence-corrected chi connectivity index (χ0v) is 20.4. The third-order valence-corrected chi connectivity index (χ3v) is 5.18. The number of nitrogens with two attached hydrogens (primary N) is 1. The minimum Gasteiger partial charge on any atom is -0.494 e. The minimum absolute atomic E-state index is 0.0399. The van der Waals surface area contributed by atoms with Crippen molar-refractivity contribution in [1.82, 2.24) is 19.6 Å². The van der Waals surface area contributed by atoms with E-state index in [1.807, 2.05) is 0 Å². The van der Waals surface area contributed by atoms with Gasteiger partial charge in [0.1, 0.15) is 11.4 Å². The summed E-state index contributed by atoms with van der Waals surface area (Å²) in [5, 5.41) is 9.00. The van der Waals surface area contributed by atoms with Crippen LogP contribution in [0.2, 0.25) is 5.02 Å². The van der Waals surface area contributed by atoms with Gasteiger partial charge in [-0.2, -0.15) is 19.0 Å². The molecule has 9 nitrogen and oxygen atoms in total. The van der Waals surface area contributed by atoms with E-state index in [0.717, 1.165) is 0 Å². The Kier molecular flexibility index (Phi) is 7.63. The van der Waals surface area contributed by atoms with Crippen molar-refractivity contribution in [3.05, 3.63) is 99.7 Å². The van der Waals surface area contributed by atoms with E-state index in [1.54, 1.807) is 49.4 Å². The highest BCUT2D eigenvalue weighted by Crippen LogP contribution is 2.28. The maximum absolute atomic E-state index is 12.8. The Labute approximate surface area is 215 Å². The maximum atomic E-state index is 12.8. The standard InChI is InChI=1S/C25H21ClF2N6O3/c1-15(29)12-19(31-17-5-3-4-16(26)13-17)24-21(35)9-11-33(32-24)20-7-6-18(14-22(20)36-2)34-23(8-10-30-34)37-25(27)28/h3-14,25H,29H2,1-2H3. The molecule has 37 heavy (non-hydrogen) atoms. The average molecular weight is 527 g/mol. The van der Waals surface area contributed by atoms with Crippen molar-refractivity contribution in [2.24, 2.45) is 10.7 Å². The van der Waals surface area contributed by atoms with Crippen LogP contribution < -0.4 is 20.6 Å². The first-order valence-electron chi connectivity index (χ1n) is 10.8. The lowest BCUT2D eigenvalue weighted by molar-refractivity contribution is -0.0544. The third-order valence-electron chi connectivity index (χ3n) is 4.95. The van der Waals surface area contributed by atoms with Gasteiger partial charge in [0.2, 0.25) is 11.3 Å². The largest absolute Gasteiger partial charge is 0.494 e. The van der Waals surface area contributed by atoms with Crippen molar-refractivity contribution < 1.29 is 18.3 Å². The fraction of sp³-hybridized carbons (Fsp3) is 0.120. The third kappa shape index (κ3) is 6.01. The summed E-state index contributed by atoms with van der Waals surface area (Å²) < 4.78 is 38.2. The van der Waals surface area contributed by atoms with Crippen molar-refractivity contribution in [2.75, 3.05) is 7.11 Å². The Morgan fingerprint density at radius 1 is 1.19 bits per heavy atom. The summed E-state index contributed by atoms with van der Waals surface area (Å²) in [6.07, 6.45) is 4.34. The first-order chi connectivity index (χ1) is 17.7. The van der Waals surface area contributed by atoms with E-state index in [9.17, 15) is 13.6 Å². The topological polar surface area (TPSA) is 110 Å². The van der Waals surface area contributed by atoms with Crippen LogP contribution in [0.3, 0.4) is 0 Å². The average Bonchev–Trinajstić information content (AvgIpc) is 3.31. The van der Waals surface area contributed by atoms with Gasteiger partial charge in [0, 0.05) is 35.1 Å². The summed E-state index contributed by atoms with van der Waals surface area (Å²) in [4.78, 5) is 17.3. The van der Waals surface area contributed by atoms with Crippen LogP contribution in [0.15, 0.2) is 88.6 Å². The van der Waals surface area contributed by atoms with Crippen molar-refractivity contribution in [3.63, 3.8) is 0 Å². The van der Waals surface area contributed by atoms with Crippen LogP contribution in [0.1, 0.15) is 12.6 Å². The molecular weight excluding hydrogens is 506 g/mol. The normalized spacial score (nSPS) is 12.2. The molecule has 0 saturated heterocycles. The SMILES string of the molecule is COc1cc(-n2nccc2OC(F)F)ccc1-n1ccc(=O)c(C(C=C(C)N)=Nc2cccc(Cl)c2)n1. The number of methoxy groups -OCH3 is 1. The number of nitrogens with zero attached hydrogens (tertiary/aromatic N) is 5. The number of aliphatic imine (C=N–C) groups is 1. The maximum Gasteiger partial charge on any atom is 0.388 e. The van der Waals surface area contributed by atoms with Gasteiger partial charge in [-0.3, -0.25) is 4.79 Å². The zero-order chi connectivity index (χ0) is 26.5. The smallest absolute Gasteiger partial charge is 0.388 e. The lowest BCUT2D eigenvalue weighted by atomic mass is 10.2. The van der Waals surface area contributed by atoms with E-state index in [4.69, 9.17) is 22.1 Å². The molecule has 2 heterocycles. The highest BCUT2D eigenvalue weighted by molar-refractivity contribution is 6.30. The van der Waals surface area contributed by atoms with E-state index in [1.165, 1.54) is 47.1 Å². The van der Waals surface area contributed by atoms with Crippen LogP contribution in [0.25, 0.3) is 11.4 Å². The number of aromatic nitrogens is 4. The summed E-state index contributed by atoms with van der Waals surface area (Å²) in [5.74, 6) is 0.191. The molecule has 4 aromatic rings. The second kappa shape index (κ2) is 11.0. The number of halogens is 3. The monoisotopic (exact) mass is 526 g/mol. The van der Waals surface area contributed by atoms with Crippen LogP contribution in [0.5, 0.6) is 11.6 Å². The summed E-state index contributed by atoms with van der Waals surface area (Å²) in [6.45, 7) is -1.34. The molecule has 0 amide bonds. The number of hydrogen-bond donors (Lipinski definition) is 1. The Morgan fingerprint density at radius 2 is 2.00 bits per heavy atom. The predicted octanol–water partition coefficient (Wildman–Crippen LogP) is 4.66. The molecular formula is C25H21ClF2N6O3. The Bertz CT molecular complexity index is 1540. The van der Waals surface area contributed by atoms with Crippen molar-refractivity contribution in [2.45, 2.75) is 13.5 Å². The van der Waals surface area contributed by atoms with Crippen LogP contribution in [-0.4, -0.2) is 39.0 Å². The summed E-state index contributed by atoms with van der Waals surface area (Å²) >= 11 is 6.08. The molecule has 0 radical (unpaired) electrons. The molecule has 0 bridgehead atoms. The number of rotatable bonds is 8. The van der Waals surface area contributed by atoms with Gasteiger partial charge in [-0.15, -0.1) is 0 Å². The first kappa shape index (κ1) is 25.6. The quantitative estimate of drug-likeness (QED) is 0.334. The molecule has 0 aliphatic rings. The molecule has 4 rings (SSSR count). The van der Waals surface area contributed by atoms with Gasteiger partial charge in [-0.25, -0.2) is 14.4 Å². The summed E-state index contributed by atoms with van der Waals surface area (Å²) in [7, 11) is 1.44. The molecule has 12 heteroatoms. The molecule has 0 atom stereocenters. The number of hydrogen-bond acceptors (Lipinski definition) is 7. The Balaban J connectivity index is 1.80. The molecule has 0 saturated carbocycles. The van der Waals surface area contributed by atoms with Crippen LogP contribution in [-0.2, 0) is 0 Å². The van der Waals surface area contributed by atoms with E-state index >= 15 is 0 Å². The van der Waals surface area contributed by atoms with Crippen LogP contribution in [0.4, 0.5) is 14.5 Å². The van der Waals surface area contributed by atoms with E-state index in [0.29, 0.717) is 33.5 Å². The lowest BCUT2D eigenvalue weighted by Crippen LogP contribution is -2.21. The van der Waals surface area contributed by atoms with Gasteiger partial charge >= 0.3 is 6.61 Å². The van der Waals surface area contributed by atoms with Gasteiger partial charge in [-0.1, -0.05) is 17.7 Å². The van der Waals surface area contributed by atoms with Crippen LogP contribution in [0, 0.1) is 0 Å². The van der Waals surface area contributed by atoms with Gasteiger partial charge in [-0.05, 0) is 43.3 Å². The van der Waals surface area contributed by atoms with Gasteiger partial charge < -0.3 is 15.2 Å². The lowest BCUT2D eigenvalue weighted by Gasteiger charge is -2.14. The highest BCUT2D eigenvalue weighted by atomic mass is 35.5. The summed E-state index contributed by atoms with van der Waals surface area (Å²) in [5.41, 5.74) is 7.60. The predicted molar refractivity (Wildman–Crippen MR) is 136 cm³/mol. The Hall–Kier alpha value is -4.51. The van der Waals surface area contributed by atoms with Crippen molar-refractivity contribution in [1.29, 1.82) is 0 Å².